The number of rotatable bonds is 5. The highest BCUT2D eigenvalue weighted by molar-refractivity contribution is 7.13. The Hall–Kier alpha value is -3.26. The van der Waals surface area contributed by atoms with Crippen LogP contribution >= 0.6 is 11.3 Å². The summed E-state index contributed by atoms with van der Waals surface area (Å²) in [5, 5.41) is 8.76. The van der Waals surface area contributed by atoms with Crippen molar-refractivity contribution in [2.75, 3.05) is 12.4 Å². The van der Waals surface area contributed by atoms with E-state index in [1.165, 1.54) is 24.5 Å². The molecule has 0 spiro atoms. The fourth-order valence-corrected chi connectivity index (χ4v) is 3.01. The number of benzene rings is 1. The number of hydrogen-bond donors (Lipinski definition) is 1. The van der Waals surface area contributed by atoms with Crippen LogP contribution in [0.4, 0.5) is 5.69 Å². The summed E-state index contributed by atoms with van der Waals surface area (Å²) in [5.41, 5.74) is 0.770. The van der Waals surface area contributed by atoms with E-state index >= 15 is 0 Å². The highest BCUT2D eigenvalue weighted by Gasteiger charge is 2.14. The van der Waals surface area contributed by atoms with Crippen LogP contribution in [0.5, 0.6) is 0 Å². The molecule has 0 aliphatic heterocycles. The monoisotopic (exact) mass is 369 g/mol. The maximum absolute atomic E-state index is 12.3. The third kappa shape index (κ3) is 3.86. The number of methoxy groups -OCH3 is 1. The minimum Gasteiger partial charge on any atom is -0.465 e. The zero-order valence-corrected chi connectivity index (χ0v) is 14.7. The van der Waals surface area contributed by atoms with E-state index in [1.807, 2.05) is 17.5 Å². The molecule has 0 fully saturated rings. The molecular weight excluding hydrogens is 354 g/mol. The van der Waals surface area contributed by atoms with Gasteiger partial charge in [-0.2, -0.15) is 5.10 Å². The number of hydrogen-bond acceptors (Lipinski definition) is 6. The largest absolute Gasteiger partial charge is 0.465 e. The van der Waals surface area contributed by atoms with Gasteiger partial charge in [0.15, 0.2) is 0 Å². The van der Waals surface area contributed by atoms with Crippen molar-refractivity contribution in [2.24, 2.45) is 0 Å². The van der Waals surface area contributed by atoms with Crippen LogP contribution in [0.25, 0.3) is 10.6 Å². The summed E-state index contributed by atoms with van der Waals surface area (Å²) < 4.78 is 5.78. The van der Waals surface area contributed by atoms with Gasteiger partial charge in [-0.05, 0) is 29.6 Å². The number of nitrogens with zero attached hydrogens (tertiary/aromatic N) is 2. The summed E-state index contributed by atoms with van der Waals surface area (Å²) in [6, 6.07) is 13.2. The maximum atomic E-state index is 12.3. The molecule has 0 atom stereocenters. The van der Waals surface area contributed by atoms with E-state index in [2.05, 4.69) is 10.4 Å². The average molecular weight is 369 g/mol. The standard InChI is InChI=1S/C18H15N3O4S/c1-25-18(24)12-5-2-3-6-13(12)19-16(22)11-21-17(23)9-8-14(20-21)15-7-4-10-26-15/h2-10H,11H2,1H3,(H,19,22). The number of carbonyl (C=O) groups is 2. The van der Waals surface area contributed by atoms with Gasteiger partial charge in [0.2, 0.25) is 5.91 Å². The molecule has 0 aliphatic rings. The molecule has 0 saturated heterocycles. The third-order valence-corrected chi connectivity index (χ3v) is 4.43. The molecular formula is C18H15N3O4S. The second kappa shape index (κ2) is 7.75. The molecule has 0 saturated carbocycles. The Kier molecular flexibility index (Phi) is 5.23. The molecule has 0 radical (unpaired) electrons. The van der Waals surface area contributed by atoms with E-state index in [9.17, 15) is 14.4 Å². The molecule has 26 heavy (non-hydrogen) atoms. The quantitative estimate of drug-likeness (QED) is 0.698. The minimum atomic E-state index is -0.559. The molecule has 1 N–H and O–H groups in total. The molecule has 7 nitrogen and oxygen atoms in total. The van der Waals surface area contributed by atoms with Crippen LogP contribution in [0.15, 0.2) is 58.7 Å². The van der Waals surface area contributed by atoms with Crippen molar-refractivity contribution >= 4 is 28.9 Å². The van der Waals surface area contributed by atoms with E-state index in [0.29, 0.717) is 11.4 Å². The van der Waals surface area contributed by atoms with Crippen LogP contribution < -0.4 is 10.9 Å². The lowest BCUT2D eigenvalue weighted by atomic mass is 10.2. The van der Waals surface area contributed by atoms with Crippen LogP contribution in [0.2, 0.25) is 0 Å². The molecule has 1 amide bonds. The van der Waals surface area contributed by atoms with E-state index in [4.69, 9.17) is 4.74 Å². The highest BCUT2D eigenvalue weighted by Crippen LogP contribution is 2.21. The molecule has 0 unspecified atom stereocenters. The Balaban J connectivity index is 1.80. The van der Waals surface area contributed by atoms with Crippen LogP contribution in [-0.2, 0) is 16.1 Å². The van der Waals surface area contributed by atoms with Crippen LogP contribution in [0.1, 0.15) is 10.4 Å². The number of aromatic nitrogens is 2. The van der Waals surface area contributed by atoms with Crippen LogP contribution in [0, 0.1) is 0 Å². The SMILES string of the molecule is COC(=O)c1ccccc1NC(=O)Cn1nc(-c2cccs2)ccc1=O. The number of ether oxygens (including phenoxy) is 1. The van der Waals surface area contributed by atoms with E-state index in [-0.39, 0.29) is 17.7 Å². The Morgan fingerprint density at radius 3 is 2.69 bits per heavy atom. The molecule has 8 heteroatoms. The summed E-state index contributed by atoms with van der Waals surface area (Å²) in [6.07, 6.45) is 0. The zero-order chi connectivity index (χ0) is 18.5. The molecule has 2 heterocycles. The van der Waals surface area contributed by atoms with Gasteiger partial charge in [0.1, 0.15) is 12.2 Å². The van der Waals surface area contributed by atoms with Gasteiger partial charge in [-0.15, -0.1) is 11.3 Å². The fourth-order valence-electron chi connectivity index (χ4n) is 2.32. The molecule has 132 valence electrons. The van der Waals surface area contributed by atoms with E-state index in [0.717, 1.165) is 9.56 Å². The van der Waals surface area contributed by atoms with Gasteiger partial charge < -0.3 is 10.1 Å². The predicted octanol–water partition coefficient (Wildman–Crippen LogP) is 2.40. The normalized spacial score (nSPS) is 10.3. The summed E-state index contributed by atoms with van der Waals surface area (Å²) >= 11 is 1.49. The van der Waals surface area contributed by atoms with Gasteiger partial charge >= 0.3 is 5.97 Å². The van der Waals surface area contributed by atoms with Crippen molar-refractivity contribution in [1.29, 1.82) is 0 Å². The summed E-state index contributed by atoms with van der Waals surface area (Å²) in [4.78, 5) is 37.0. The zero-order valence-electron chi connectivity index (χ0n) is 13.8. The lowest BCUT2D eigenvalue weighted by Gasteiger charge is -2.10. The Bertz CT molecular complexity index is 996. The van der Waals surface area contributed by atoms with Crippen molar-refractivity contribution in [3.8, 4) is 10.6 Å². The maximum Gasteiger partial charge on any atom is 0.339 e. The number of carbonyl (C=O) groups excluding carboxylic acids is 2. The Labute approximate surface area is 152 Å². The number of amides is 1. The van der Waals surface area contributed by atoms with Crippen molar-refractivity contribution in [3.05, 3.63) is 69.8 Å². The highest BCUT2D eigenvalue weighted by atomic mass is 32.1. The smallest absolute Gasteiger partial charge is 0.339 e. The Morgan fingerprint density at radius 2 is 1.96 bits per heavy atom. The van der Waals surface area contributed by atoms with Gasteiger partial charge in [0, 0.05) is 6.07 Å². The van der Waals surface area contributed by atoms with Crippen LogP contribution in [0.3, 0.4) is 0 Å². The summed E-state index contributed by atoms with van der Waals surface area (Å²) in [6.45, 7) is -0.270. The Morgan fingerprint density at radius 1 is 1.15 bits per heavy atom. The first-order valence-corrected chi connectivity index (χ1v) is 8.55. The number of para-hydroxylation sites is 1. The second-order valence-electron chi connectivity index (χ2n) is 5.28. The molecule has 0 aliphatic carbocycles. The molecule has 2 aromatic heterocycles. The number of anilines is 1. The van der Waals surface area contributed by atoms with Gasteiger partial charge in [0.25, 0.3) is 5.56 Å². The number of thiophene rings is 1. The molecule has 0 bridgehead atoms. The first-order valence-electron chi connectivity index (χ1n) is 7.67. The van der Waals surface area contributed by atoms with E-state index in [1.54, 1.807) is 30.3 Å². The van der Waals surface area contributed by atoms with E-state index < -0.39 is 11.9 Å². The molecule has 3 aromatic rings. The van der Waals surface area contributed by atoms with Gasteiger partial charge in [-0.3, -0.25) is 9.59 Å². The van der Waals surface area contributed by atoms with Crippen molar-refractivity contribution < 1.29 is 14.3 Å². The average Bonchev–Trinajstić information content (AvgIpc) is 3.18. The predicted molar refractivity (Wildman–Crippen MR) is 98.2 cm³/mol. The molecule has 3 rings (SSSR count). The first-order chi connectivity index (χ1) is 12.6. The number of nitrogens with one attached hydrogen (secondary N) is 1. The van der Waals surface area contributed by atoms with Gasteiger partial charge in [-0.25, -0.2) is 9.48 Å². The lowest BCUT2D eigenvalue weighted by Crippen LogP contribution is -2.29. The minimum absolute atomic E-state index is 0.232. The van der Waals surface area contributed by atoms with Gasteiger partial charge in [-0.1, -0.05) is 18.2 Å². The van der Waals surface area contributed by atoms with Crippen LogP contribution in [-0.4, -0.2) is 28.8 Å². The summed E-state index contributed by atoms with van der Waals surface area (Å²) in [5.74, 6) is -1.03. The van der Waals surface area contributed by atoms with Crippen molar-refractivity contribution in [1.82, 2.24) is 9.78 Å². The second-order valence-corrected chi connectivity index (χ2v) is 6.22. The fraction of sp³-hybridized carbons (Fsp3) is 0.111. The number of esters is 1. The topological polar surface area (TPSA) is 90.3 Å². The molecule has 1 aromatic carbocycles. The lowest BCUT2D eigenvalue weighted by molar-refractivity contribution is -0.117. The van der Waals surface area contributed by atoms with Gasteiger partial charge in [0.05, 0.1) is 23.2 Å². The van der Waals surface area contributed by atoms with Crippen molar-refractivity contribution in [3.63, 3.8) is 0 Å². The first kappa shape index (κ1) is 17.6. The summed E-state index contributed by atoms with van der Waals surface area (Å²) in [7, 11) is 1.26. The third-order valence-electron chi connectivity index (χ3n) is 3.54. The van der Waals surface area contributed by atoms with Crippen molar-refractivity contribution in [2.45, 2.75) is 6.54 Å².